The number of carbonyl (C=O) groups excluding carboxylic acids is 1. The Balaban J connectivity index is 1.70. The van der Waals surface area contributed by atoms with Crippen molar-refractivity contribution in [3.63, 3.8) is 0 Å². The molecule has 1 saturated heterocycles. The maximum Gasteiger partial charge on any atom is 0.257 e. The number of anilines is 1. The van der Waals surface area contributed by atoms with Gasteiger partial charge in [-0.15, -0.1) is 0 Å². The summed E-state index contributed by atoms with van der Waals surface area (Å²) in [7, 11) is 3.95. The molecule has 1 aliphatic rings. The lowest BCUT2D eigenvalue weighted by molar-refractivity contribution is 0.0597. The van der Waals surface area contributed by atoms with E-state index in [2.05, 4.69) is 4.98 Å². The maximum atomic E-state index is 14.0. The highest BCUT2D eigenvalue weighted by Crippen LogP contribution is 2.24. The zero-order valence-corrected chi connectivity index (χ0v) is 15.5. The van der Waals surface area contributed by atoms with Crippen LogP contribution in [0, 0.1) is 5.82 Å². The maximum absolute atomic E-state index is 14.0. The first-order chi connectivity index (χ1) is 12.6. The Labute approximate surface area is 154 Å². The Morgan fingerprint density at radius 1 is 1.19 bits per heavy atom. The van der Waals surface area contributed by atoms with Gasteiger partial charge in [-0.25, -0.2) is 9.37 Å². The third-order valence-electron chi connectivity index (χ3n) is 4.98. The number of aryl methyl sites for hydroxylation is 1. The molecule has 0 aliphatic carbocycles. The lowest BCUT2D eigenvalue weighted by Gasteiger charge is -2.36. The summed E-state index contributed by atoms with van der Waals surface area (Å²) in [5.74, 6) is 0.301. The van der Waals surface area contributed by atoms with E-state index < -0.39 is 5.82 Å². The van der Waals surface area contributed by atoms with Crippen molar-refractivity contribution in [1.82, 2.24) is 9.88 Å². The zero-order valence-electron chi connectivity index (χ0n) is 15.5. The van der Waals surface area contributed by atoms with Crippen LogP contribution in [0.4, 0.5) is 10.2 Å². The van der Waals surface area contributed by atoms with Crippen molar-refractivity contribution in [3.05, 3.63) is 59.5 Å². The van der Waals surface area contributed by atoms with Crippen LogP contribution in [-0.4, -0.2) is 42.5 Å². The molecule has 5 heteroatoms. The Kier molecular flexibility index (Phi) is 5.86. The number of pyridine rings is 1. The molecule has 2 heterocycles. The van der Waals surface area contributed by atoms with Crippen LogP contribution in [0.3, 0.4) is 0 Å². The topological polar surface area (TPSA) is 36.4 Å². The number of likely N-dealkylation sites (tertiary alicyclic amines) is 1. The summed E-state index contributed by atoms with van der Waals surface area (Å²) in [5.41, 5.74) is 1.20. The van der Waals surface area contributed by atoms with Crippen LogP contribution in [0.25, 0.3) is 0 Å². The monoisotopic (exact) mass is 355 g/mol. The first-order valence-electron chi connectivity index (χ1n) is 9.25. The molecule has 0 N–H and O–H groups in total. The van der Waals surface area contributed by atoms with Crippen molar-refractivity contribution in [2.24, 2.45) is 0 Å². The summed E-state index contributed by atoms with van der Waals surface area (Å²) in [4.78, 5) is 21.4. The van der Waals surface area contributed by atoms with Crippen molar-refractivity contribution in [3.8, 4) is 0 Å². The molecule has 138 valence electrons. The van der Waals surface area contributed by atoms with Gasteiger partial charge in [-0.3, -0.25) is 4.79 Å². The number of carbonyl (C=O) groups is 1. The SMILES string of the molecule is CN(C)c1cccc(CC[C@@H]2CCCCN2C(=O)c2ccccc2F)n1. The molecule has 1 aromatic heterocycles. The van der Waals surface area contributed by atoms with Crippen LogP contribution in [-0.2, 0) is 6.42 Å². The van der Waals surface area contributed by atoms with E-state index in [0.29, 0.717) is 6.54 Å². The standard InChI is InChI=1S/C21H26FN3O/c1-24(2)20-12-7-8-16(23-20)13-14-17-9-5-6-15-25(17)21(26)18-10-3-4-11-19(18)22/h3-4,7-8,10-12,17H,5-6,9,13-15H2,1-2H3/t17-/m0/s1. The second kappa shape index (κ2) is 8.30. The van der Waals surface area contributed by atoms with Gasteiger partial charge in [-0.05, 0) is 56.4 Å². The zero-order chi connectivity index (χ0) is 18.5. The summed E-state index contributed by atoms with van der Waals surface area (Å²) < 4.78 is 14.0. The molecule has 1 amide bonds. The van der Waals surface area contributed by atoms with Gasteiger partial charge in [0, 0.05) is 32.4 Å². The van der Waals surface area contributed by atoms with Gasteiger partial charge >= 0.3 is 0 Å². The third-order valence-corrected chi connectivity index (χ3v) is 4.98. The molecular weight excluding hydrogens is 329 g/mol. The van der Waals surface area contributed by atoms with Gasteiger partial charge in [0.15, 0.2) is 0 Å². The average molecular weight is 355 g/mol. The number of hydrogen-bond acceptors (Lipinski definition) is 3. The normalized spacial score (nSPS) is 17.2. The number of nitrogens with zero attached hydrogens (tertiary/aromatic N) is 3. The highest BCUT2D eigenvalue weighted by atomic mass is 19.1. The minimum atomic E-state index is -0.442. The van der Waals surface area contributed by atoms with Gasteiger partial charge in [0.25, 0.3) is 5.91 Å². The largest absolute Gasteiger partial charge is 0.363 e. The molecular formula is C21H26FN3O. The molecule has 3 rings (SSSR count). The van der Waals surface area contributed by atoms with Crippen molar-refractivity contribution in [2.75, 3.05) is 25.5 Å². The van der Waals surface area contributed by atoms with Crippen LogP contribution < -0.4 is 4.90 Å². The molecule has 1 aromatic carbocycles. The molecule has 0 saturated carbocycles. The Morgan fingerprint density at radius 3 is 2.77 bits per heavy atom. The van der Waals surface area contributed by atoms with Gasteiger partial charge < -0.3 is 9.80 Å². The van der Waals surface area contributed by atoms with Gasteiger partial charge in [-0.2, -0.15) is 0 Å². The van der Waals surface area contributed by atoms with Gasteiger partial charge in [0.1, 0.15) is 11.6 Å². The van der Waals surface area contributed by atoms with Crippen molar-refractivity contribution in [1.29, 1.82) is 0 Å². The lowest BCUT2D eigenvalue weighted by Crippen LogP contribution is -2.44. The number of piperidine rings is 1. The van der Waals surface area contributed by atoms with E-state index in [-0.39, 0.29) is 17.5 Å². The fraction of sp³-hybridized carbons (Fsp3) is 0.429. The Hall–Kier alpha value is -2.43. The minimum Gasteiger partial charge on any atom is -0.363 e. The van der Waals surface area contributed by atoms with E-state index in [4.69, 9.17) is 0 Å². The summed E-state index contributed by atoms with van der Waals surface area (Å²) >= 11 is 0. The van der Waals surface area contributed by atoms with Crippen molar-refractivity contribution in [2.45, 2.75) is 38.1 Å². The first kappa shape index (κ1) is 18.4. The van der Waals surface area contributed by atoms with Crippen LogP contribution in [0.5, 0.6) is 0 Å². The van der Waals surface area contributed by atoms with Crippen molar-refractivity contribution < 1.29 is 9.18 Å². The summed E-state index contributed by atoms with van der Waals surface area (Å²) in [6.07, 6.45) is 4.72. The van der Waals surface area contributed by atoms with E-state index in [1.165, 1.54) is 6.07 Å². The van der Waals surface area contributed by atoms with Gasteiger partial charge in [0.2, 0.25) is 0 Å². The summed E-state index contributed by atoms with van der Waals surface area (Å²) in [6, 6.07) is 12.4. The predicted molar refractivity (Wildman–Crippen MR) is 102 cm³/mol. The molecule has 4 nitrogen and oxygen atoms in total. The number of halogens is 1. The highest BCUT2D eigenvalue weighted by Gasteiger charge is 2.28. The Morgan fingerprint density at radius 2 is 2.00 bits per heavy atom. The minimum absolute atomic E-state index is 0.140. The number of rotatable bonds is 5. The molecule has 1 aliphatic heterocycles. The molecule has 1 fully saturated rings. The molecule has 0 unspecified atom stereocenters. The van der Waals surface area contributed by atoms with Crippen LogP contribution in [0.15, 0.2) is 42.5 Å². The second-order valence-corrected chi connectivity index (χ2v) is 7.05. The summed E-state index contributed by atoms with van der Waals surface area (Å²) in [6.45, 7) is 0.697. The quantitative estimate of drug-likeness (QED) is 0.816. The fourth-order valence-corrected chi connectivity index (χ4v) is 3.53. The molecule has 0 radical (unpaired) electrons. The van der Waals surface area contributed by atoms with Crippen LogP contribution in [0.1, 0.15) is 41.7 Å². The number of aromatic nitrogens is 1. The van der Waals surface area contributed by atoms with E-state index in [0.717, 1.165) is 43.6 Å². The van der Waals surface area contributed by atoms with Crippen molar-refractivity contribution >= 4 is 11.7 Å². The number of benzene rings is 1. The van der Waals surface area contributed by atoms with E-state index in [9.17, 15) is 9.18 Å². The molecule has 0 bridgehead atoms. The number of amides is 1. The molecule has 0 spiro atoms. The molecule has 2 aromatic rings. The number of hydrogen-bond donors (Lipinski definition) is 0. The van der Waals surface area contributed by atoms with E-state index in [1.54, 1.807) is 18.2 Å². The van der Waals surface area contributed by atoms with E-state index in [1.807, 2.05) is 42.1 Å². The Bertz CT molecular complexity index is 762. The van der Waals surface area contributed by atoms with Crippen LogP contribution in [0.2, 0.25) is 0 Å². The lowest BCUT2D eigenvalue weighted by atomic mass is 9.96. The van der Waals surface area contributed by atoms with Gasteiger partial charge in [-0.1, -0.05) is 18.2 Å². The molecule has 26 heavy (non-hydrogen) atoms. The second-order valence-electron chi connectivity index (χ2n) is 7.05. The predicted octanol–water partition coefficient (Wildman–Crippen LogP) is 3.91. The first-order valence-corrected chi connectivity index (χ1v) is 9.25. The average Bonchev–Trinajstić information content (AvgIpc) is 2.66. The smallest absolute Gasteiger partial charge is 0.257 e. The fourth-order valence-electron chi connectivity index (χ4n) is 3.53. The highest BCUT2D eigenvalue weighted by molar-refractivity contribution is 5.94. The van der Waals surface area contributed by atoms with Crippen LogP contribution >= 0.6 is 0 Å². The van der Waals surface area contributed by atoms with E-state index >= 15 is 0 Å². The van der Waals surface area contributed by atoms with Gasteiger partial charge in [0.05, 0.1) is 5.56 Å². The molecule has 1 atom stereocenters. The third kappa shape index (κ3) is 4.21. The summed E-state index contributed by atoms with van der Waals surface area (Å²) in [5, 5.41) is 0.